The Morgan fingerprint density at radius 3 is 2.61 bits per heavy atom. The molecule has 1 fully saturated rings. The molecule has 168 valence electrons. The molecule has 0 atom stereocenters. The molecule has 10 heteroatoms. The molecule has 3 aromatic rings. The minimum absolute atomic E-state index is 0.0350. The van der Waals surface area contributed by atoms with Gasteiger partial charge < -0.3 is 15.0 Å². The first-order valence-corrected chi connectivity index (χ1v) is 12.1. The molecule has 3 heterocycles. The van der Waals surface area contributed by atoms with Gasteiger partial charge in [0.05, 0.1) is 11.8 Å². The van der Waals surface area contributed by atoms with Gasteiger partial charge in [-0.15, -0.1) is 0 Å². The van der Waals surface area contributed by atoms with Gasteiger partial charge in [0.15, 0.2) is 14.9 Å². The number of carbonyl (C=O) groups excluding carboxylic acids is 1. The van der Waals surface area contributed by atoms with Crippen LogP contribution in [0.1, 0.15) is 24.0 Å². The van der Waals surface area contributed by atoms with Crippen molar-refractivity contribution in [2.75, 3.05) is 18.1 Å². The molecule has 0 unspecified atom stereocenters. The Labute approximate surface area is 191 Å². The first-order chi connectivity index (χ1) is 15.8. The number of nitrogens with one attached hydrogen (secondary N) is 1. The summed E-state index contributed by atoms with van der Waals surface area (Å²) in [6.45, 7) is 1.05. The van der Waals surface area contributed by atoms with Gasteiger partial charge in [0.1, 0.15) is 23.4 Å². The first kappa shape index (κ1) is 22.2. The van der Waals surface area contributed by atoms with E-state index in [1.54, 1.807) is 29.2 Å². The van der Waals surface area contributed by atoms with Gasteiger partial charge in [-0.05, 0) is 48.9 Å². The van der Waals surface area contributed by atoms with Crippen LogP contribution >= 0.6 is 0 Å². The first-order valence-electron chi connectivity index (χ1n) is 10.2. The summed E-state index contributed by atoms with van der Waals surface area (Å²) in [5.74, 6) is 1.58. The summed E-state index contributed by atoms with van der Waals surface area (Å²) in [6.07, 6.45) is 5.28. The highest BCUT2D eigenvalue weighted by Gasteiger charge is 2.22. The van der Waals surface area contributed by atoms with Crippen LogP contribution in [-0.2, 0) is 21.2 Å². The second kappa shape index (κ2) is 9.26. The molecule has 1 amide bonds. The topological polar surface area (TPSA) is 125 Å². The average molecular weight is 464 g/mol. The number of aromatic nitrogens is 2. The van der Waals surface area contributed by atoms with E-state index in [0.29, 0.717) is 42.4 Å². The number of sulfone groups is 1. The van der Waals surface area contributed by atoms with Gasteiger partial charge in [-0.1, -0.05) is 0 Å². The molecule has 1 aliphatic heterocycles. The molecule has 1 aliphatic rings. The molecular formula is C23H21N5O4S. The van der Waals surface area contributed by atoms with Crippen LogP contribution in [0.2, 0.25) is 0 Å². The van der Waals surface area contributed by atoms with Crippen LogP contribution in [-0.4, -0.2) is 42.0 Å². The molecule has 4 rings (SSSR count). The highest BCUT2D eigenvalue weighted by molar-refractivity contribution is 7.90. The summed E-state index contributed by atoms with van der Waals surface area (Å²) in [7, 11) is -3.41. The Morgan fingerprint density at radius 1 is 1.15 bits per heavy atom. The van der Waals surface area contributed by atoms with E-state index in [4.69, 9.17) is 10.00 Å². The highest BCUT2D eigenvalue weighted by atomic mass is 32.2. The number of hydrogen-bond donors (Lipinski definition) is 1. The van der Waals surface area contributed by atoms with Gasteiger partial charge in [-0.25, -0.2) is 18.4 Å². The number of hydrogen-bond acceptors (Lipinski definition) is 8. The maximum atomic E-state index is 12.2. The van der Waals surface area contributed by atoms with E-state index in [9.17, 15) is 13.2 Å². The number of nitrogens with zero attached hydrogens (tertiary/aromatic N) is 4. The predicted molar refractivity (Wildman–Crippen MR) is 121 cm³/mol. The van der Waals surface area contributed by atoms with Gasteiger partial charge >= 0.3 is 0 Å². The second-order valence-corrected chi connectivity index (χ2v) is 9.58. The van der Waals surface area contributed by atoms with Gasteiger partial charge in [0.2, 0.25) is 5.91 Å². The number of carbonyl (C=O) groups is 1. The van der Waals surface area contributed by atoms with Crippen molar-refractivity contribution in [1.82, 2.24) is 14.9 Å². The van der Waals surface area contributed by atoms with Gasteiger partial charge in [-0.2, -0.15) is 5.26 Å². The van der Waals surface area contributed by atoms with Crippen molar-refractivity contribution in [3.05, 3.63) is 66.0 Å². The number of nitriles is 1. The monoisotopic (exact) mass is 463 g/mol. The summed E-state index contributed by atoms with van der Waals surface area (Å²) in [6, 6.07) is 13.8. The summed E-state index contributed by atoms with van der Waals surface area (Å²) in [4.78, 5) is 22.1. The van der Waals surface area contributed by atoms with Gasteiger partial charge in [0.25, 0.3) is 0 Å². The standard InChI is InChI=1S/C23H21N5O4S/c1-33(30,31)22-9-6-19(14-26-22)32-20-7-5-18(27-21-8-4-16(12-24)13-25-21)11-17(20)15-28-10-2-3-23(28)29/h4-9,11,13-14H,2-3,10,15H2,1H3,(H,25,27). The zero-order chi connectivity index (χ0) is 23.4. The maximum absolute atomic E-state index is 12.2. The number of likely N-dealkylation sites (tertiary alicyclic amines) is 1. The number of rotatable bonds is 7. The molecule has 33 heavy (non-hydrogen) atoms. The second-order valence-electron chi connectivity index (χ2n) is 7.62. The largest absolute Gasteiger partial charge is 0.455 e. The fourth-order valence-electron chi connectivity index (χ4n) is 3.41. The normalized spacial score (nSPS) is 13.6. The number of benzene rings is 1. The lowest BCUT2D eigenvalue weighted by molar-refractivity contribution is -0.128. The van der Waals surface area contributed by atoms with E-state index < -0.39 is 9.84 Å². The third kappa shape index (κ3) is 5.45. The lowest BCUT2D eigenvalue weighted by Gasteiger charge is -2.19. The Balaban J connectivity index is 1.60. The van der Waals surface area contributed by atoms with Crippen LogP contribution in [0.3, 0.4) is 0 Å². The number of anilines is 2. The third-order valence-corrected chi connectivity index (χ3v) is 6.08. The van der Waals surface area contributed by atoms with Crippen LogP contribution in [0.5, 0.6) is 11.5 Å². The van der Waals surface area contributed by atoms with Crippen LogP contribution in [0.15, 0.2) is 59.9 Å². The zero-order valence-corrected chi connectivity index (χ0v) is 18.7. The minimum atomic E-state index is -3.41. The van der Waals surface area contributed by atoms with Crippen molar-refractivity contribution >= 4 is 27.2 Å². The molecule has 9 nitrogen and oxygen atoms in total. The molecule has 0 saturated carbocycles. The average Bonchev–Trinajstić information content (AvgIpc) is 3.20. The third-order valence-electron chi connectivity index (χ3n) is 5.07. The lowest BCUT2D eigenvalue weighted by Crippen LogP contribution is -2.24. The fourth-order valence-corrected chi connectivity index (χ4v) is 3.97. The van der Waals surface area contributed by atoms with Crippen LogP contribution < -0.4 is 10.1 Å². The van der Waals surface area contributed by atoms with Gasteiger partial charge in [-0.3, -0.25) is 4.79 Å². The van der Waals surface area contributed by atoms with Crippen molar-refractivity contribution in [3.8, 4) is 17.6 Å². The Morgan fingerprint density at radius 2 is 2.00 bits per heavy atom. The van der Waals surface area contributed by atoms with Gasteiger partial charge in [0, 0.05) is 43.2 Å². The van der Waals surface area contributed by atoms with Crippen molar-refractivity contribution in [1.29, 1.82) is 5.26 Å². The number of pyridine rings is 2. The summed E-state index contributed by atoms with van der Waals surface area (Å²) in [5, 5.41) is 12.1. The molecule has 1 aromatic carbocycles. The van der Waals surface area contributed by atoms with Crippen molar-refractivity contribution < 1.29 is 17.9 Å². The van der Waals surface area contributed by atoms with E-state index in [1.807, 2.05) is 18.2 Å². The predicted octanol–water partition coefficient (Wildman–Crippen LogP) is 3.41. The quantitative estimate of drug-likeness (QED) is 0.565. The molecule has 1 N–H and O–H groups in total. The van der Waals surface area contributed by atoms with Crippen molar-refractivity contribution in [3.63, 3.8) is 0 Å². The zero-order valence-electron chi connectivity index (χ0n) is 17.9. The molecule has 1 saturated heterocycles. The molecule has 0 aliphatic carbocycles. The SMILES string of the molecule is CS(=O)(=O)c1ccc(Oc2ccc(Nc3ccc(C#N)cn3)cc2CN2CCCC2=O)cn1. The molecular weight excluding hydrogens is 442 g/mol. The van der Waals surface area contributed by atoms with E-state index in [0.717, 1.165) is 23.9 Å². The number of amides is 1. The van der Waals surface area contributed by atoms with E-state index in [1.165, 1.54) is 18.5 Å². The summed E-state index contributed by atoms with van der Waals surface area (Å²) < 4.78 is 29.3. The smallest absolute Gasteiger partial charge is 0.222 e. The van der Waals surface area contributed by atoms with Crippen LogP contribution in [0.4, 0.5) is 11.5 Å². The van der Waals surface area contributed by atoms with Crippen LogP contribution in [0, 0.1) is 11.3 Å². The Hall–Kier alpha value is -3.97. The minimum Gasteiger partial charge on any atom is -0.455 e. The molecule has 0 radical (unpaired) electrons. The summed E-state index contributed by atoms with van der Waals surface area (Å²) in [5.41, 5.74) is 1.98. The van der Waals surface area contributed by atoms with Crippen molar-refractivity contribution in [2.45, 2.75) is 24.4 Å². The van der Waals surface area contributed by atoms with Crippen LogP contribution in [0.25, 0.3) is 0 Å². The highest BCUT2D eigenvalue weighted by Crippen LogP contribution is 2.31. The molecule has 0 bridgehead atoms. The van der Waals surface area contributed by atoms with E-state index in [2.05, 4.69) is 15.3 Å². The molecule has 0 spiro atoms. The van der Waals surface area contributed by atoms with E-state index in [-0.39, 0.29) is 10.9 Å². The Kier molecular flexibility index (Phi) is 6.24. The molecule has 2 aromatic heterocycles. The Bertz CT molecular complexity index is 1320. The maximum Gasteiger partial charge on any atom is 0.222 e. The van der Waals surface area contributed by atoms with Crippen molar-refractivity contribution in [2.24, 2.45) is 0 Å². The summed E-state index contributed by atoms with van der Waals surface area (Å²) >= 11 is 0. The van der Waals surface area contributed by atoms with E-state index >= 15 is 0 Å². The number of ether oxygens (including phenoxy) is 1. The lowest BCUT2D eigenvalue weighted by atomic mass is 10.1. The fraction of sp³-hybridized carbons (Fsp3) is 0.217.